The quantitative estimate of drug-likeness (QED) is 0.772. The molecule has 1 amide bonds. The van der Waals surface area contributed by atoms with Gasteiger partial charge < -0.3 is 14.4 Å². The van der Waals surface area contributed by atoms with Crippen molar-refractivity contribution in [3.8, 4) is 11.5 Å². The average Bonchev–Trinajstić information content (AvgIpc) is 3.16. The van der Waals surface area contributed by atoms with E-state index >= 15 is 0 Å². The van der Waals surface area contributed by atoms with Crippen molar-refractivity contribution in [3.05, 3.63) is 65.7 Å². The number of nitrogens with zero attached hydrogens (tertiary/aromatic N) is 1. The summed E-state index contributed by atoms with van der Waals surface area (Å²) in [6.07, 6.45) is 5.48. The van der Waals surface area contributed by atoms with E-state index in [4.69, 9.17) is 9.47 Å². The number of ether oxygens (including phenoxy) is 2. The minimum atomic E-state index is 0.0317. The van der Waals surface area contributed by atoms with Gasteiger partial charge in [0, 0.05) is 24.3 Å². The van der Waals surface area contributed by atoms with Gasteiger partial charge in [0.25, 0.3) is 0 Å². The lowest BCUT2D eigenvalue weighted by atomic mass is 10.0. The zero-order chi connectivity index (χ0) is 17.6. The van der Waals surface area contributed by atoms with Crippen LogP contribution in [0.2, 0.25) is 0 Å². The minimum absolute atomic E-state index is 0.0317. The van der Waals surface area contributed by atoms with Crippen molar-refractivity contribution in [2.45, 2.75) is 18.9 Å². The predicted molar refractivity (Wildman–Crippen MR) is 98.7 cm³/mol. The van der Waals surface area contributed by atoms with E-state index in [1.54, 1.807) is 26.4 Å². The van der Waals surface area contributed by atoms with Crippen LogP contribution in [-0.2, 0) is 4.79 Å². The smallest absolute Gasteiger partial charge is 0.247 e. The van der Waals surface area contributed by atoms with Crippen LogP contribution in [-0.4, -0.2) is 31.6 Å². The molecule has 0 saturated carbocycles. The molecule has 25 heavy (non-hydrogen) atoms. The van der Waals surface area contributed by atoms with Crippen LogP contribution >= 0.6 is 0 Å². The van der Waals surface area contributed by atoms with E-state index in [9.17, 15) is 4.79 Å². The second-order valence-electron chi connectivity index (χ2n) is 6.04. The topological polar surface area (TPSA) is 38.8 Å². The van der Waals surface area contributed by atoms with Gasteiger partial charge in [0.15, 0.2) is 0 Å². The van der Waals surface area contributed by atoms with Gasteiger partial charge in [-0.1, -0.05) is 30.3 Å². The third-order valence-electron chi connectivity index (χ3n) is 4.57. The van der Waals surface area contributed by atoms with Gasteiger partial charge >= 0.3 is 0 Å². The highest BCUT2D eigenvalue weighted by molar-refractivity contribution is 5.92. The maximum Gasteiger partial charge on any atom is 0.247 e. The molecular weight excluding hydrogens is 314 g/mol. The highest BCUT2D eigenvalue weighted by Crippen LogP contribution is 2.32. The number of likely N-dealkylation sites (tertiary alicyclic amines) is 1. The van der Waals surface area contributed by atoms with Gasteiger partial charge in [-0.2, -0.15) is 0 Å². The molecule has 3 rings (SSSR count). The first kappa shape index (κ1) is 17.1. The standard InChI is InChI=1S/C21H23NO3/c1-24-18-12-10-17(20(15-18)25-2)11-13-21(23)22-14-6-9-19(22)16-7-4-3-5-8-16/h3-5,7-8,10-13,15,19H,6,9,14H2,1-2H3/b13-11+. The van der Waals surface area contributed by atoms with Crippen LogP contribution in [0.4, 0.5) is 0 Å². The summed E-state index contributed by atoms with van der Waals surface area (Å²) < 4.78 is 10.6. The van der Waals surface area contributed by atoms with Crippen LogP contribution in [0, 0.1) is 0 Å². The molecule has 1 saturated heterocycles. The number of carbonyl (C=O) groups is 1. The summed E-state index contributed by atoms with van der Waals surface area (Å²) in [6, 6.07) is 15.9. The number of carbonyl (C=O) groups excluding carboxylic acids is 1. The molecule has 0 bridgehead atoms. The fourth-order valence-electron chi connectivity index (χ4n) is 3.27. The lowest BCUT2D eigenvalue weighted by molar-refractivity contribution is -0.126. The van der Waals surface area contributed by atoms with Crippen molar-refractivity contribution in [1.29, 1.82) is 0 Å². The maximum absolute atomic E-state index is 12.7. The molecule has 4 heteroatoms. The largest absolute Gasteiger partial charge is 0.497 e. The second kappa shape index (κ2) is 7.88. The Labute approximate surface area is 148 Å². The first-order valence-electron chi connectivity index (χ1n) is 8.48. The van der Waals surface area contributed by atoms with Gasteiger partial charge in [-0.3, -0.25) is 4.79 Å². The molecule has 1 heterocycles. The molecule has 1 aliphatic heterocycles. The van der Waals surface area contributed by atoms with Crippen LogP contribution < -0.4 is 9.47 Å². The van der Waals surface area contributed by atoms with Gasteiger partial charge in [-0.05, 0) is 36.6 Å². The summed E-state index contributed by atoms with van der Waals surface area (Å²) in [4.78, 5) is 14.6. The summed E-state index contributed by atoms with van der Waals surface area (Å²) in [6.45, 7) is 0.794. The number of hydrogen-bond acceptors (Lipinski definition) is 3. The van der Waals surface area contributed by atoms with E-state index in [1.165, 1.54) is 5.56 Å². The van der Waals surface area contributed by atoms with E-state index in [0.29, 0.717) is 5.75 Å². The molecule has 1 aliphatic rings. The Hall–Kier alpha value is -2.75. The van der Waals surface area contributed by atoms with Crippen molar-refractivity contribution in [2.24, 2.45) is 0 Å². The molecule has 0 radical (unpaired) electrons. The highest BCUT2D eigenvalue weighted by Gasteiger charge is 2.28. The Bertz CT molecular complexity index is 755. The van der Waals surface area contributed by atoms with Crippen LogP contribution in [0.5, 0.6) is 11.5 Å². The monoisotopic (exact) mass is 337 g/mol. The maximum atomic E-state index is 12.7. The van der Waals surface area contributed by atoms with E-state index in [0.717, 1.165) is 30.7 Å². The Kier molecular flexibility index (Phi) is 5.39. The van der Waals surface area contributed by atoms with Crippen LogP contribution in [0.15, 0.2) is 54.6 Å². The average molecular weight is 337 g/mol. The van der Waals surface area contributed by atoms with Gasteiger partial charge in [0.1, 0.15) is 11.5 Å². The number of amides is 1. The highest BCUT2D eigenvalue weighted by atomic mass is 16.5. The lowest BCUT2D eigenvalue weighted by Crippen LogP contribution is -2.28. The molecule has 0 aliphatic carbocycles. The molecule has 1 unspecified atom stereocenters. The van der Waals surface area contributed by atoms with Crippen molar-refractivity contribution in [3.63, 3.8) is 0 Å². The zero-order valence-corrected chi connectivity index (χ0v) is 14.6. The predicted octanol–water partition coefficient (Wildman–Crippen LogP) is 4.08. The Morgan fingerprint density at radius 1 is 1.12 bits per heavy atom. The molecule has 2 aromatic carbocycles. The van der Waals surface area contributed by atoms with Crippen LogP contribution in [0.25, 0.3) is 6.08 Å². The van der Waals surface area contributed by atoms with E-state index < -0.39 is 0 Å². The van der Waals surface area contributed by atoms with Gasteiger partial charge in [-0.15, -0.1) is 0 Å². The molecule has 1 fully saturated rings. The summed E-state index contributed by atoms with van der Waals surface area (Å²) >= 11 is 0. The van der Waals surface area contributed by atoms with Crippen molar-refractivity contribution < 1.29 is 14.3 Å². The van der Waals surface area contributed by atoms with Crippen molar-refractivity contribution in [2.75, 3.05) is 20.8 Å². The molecule has 2 aromatic rings. The van der Waals surface area contributed by atoms with E-state index in [1.807, 2.05) is 41.3 Å². The van der Waals surface area contributed by atoms with Gasteiger partial charge in [0.05, 0.1) is 20.3 Å². The Morgan fingerprint density at radius 2 is 1.92 bits per heavy atom. The van der Waals surface area contributed by atoms with Crippen LogP contribution in [0.3, 0.4) is 0 Å². The van der Waals surface area contributed by atoms with Crippen molar-refractivity contribution in [1.82, 2.24) is 4.90 Å². The molecule has 0 spiro atoms. The molecule has 4 nitrogen and oxygen atoms in total. The van der Waals surface area contributed by atoms with E-state index in [2.05, 4.69) is 12.1 Å². The zero-order valence-electron chi connectivity index (χ0n) is 14.6. The van der Waals surface area contributed by atoms with Gasteiger partial charge in [-0.25, -0.2) is 0 Å². The van der Waals surface area contributed by atoms with Gasteiger partial charge in [0.2, 0.25) is 5.91 Å². The first-order valence-corrected chi connectivity index (χ1v) is 8.48. The SMILES string of the molecule is COc1ccc(/C=C/C(=O)N2CCCC2c2ccccc2)c(OC)c1. The summed E-state index contributed by atoms with van der Waals surface area (Å²) in [7, 11) is 3.23. The van der Waals surface area contributed by atoms with Crippen LogP contribution in [0.1, 0.15) is 30.0 Å². The van der Waals surface area contributed by atoms with E-state index in [-0.39, 0.29) is 11.9 Å². The minimum Gasteiger partial charge on any atom is -0.497 e. The Balaban J connectivity index is 1.76. The Morgan fingerprint density at radius 3 is 2.64 bits per heavy atom. The molecular formula is C21H23NO3. The fourth-order valence-corrected chi connectivity index (χ4v) is 3.27. The number of methoxy groups -OCH3 is 2. The number of hydrogen-bond donors (Lipinski definition) is 0. The fraction of sp³-hybridized carbons (Fsp3) is 0.286. The first-order chi connectivity index (χ1) is 12.2. The molecule has 0 N–H and O–H groups in total. The molecule has 1 atom stereocenters. The summed E-state index contributed by atoms with van der Waals surface area (Å²) in [5.41, 5.74) is 2.05. The molecule has 0 aromatic heterocycles. The molecule has 130 valence electrons. The third-order valence-corrected chi connectivity index (χ3v) is 4.57. The number of rotatable bonds is 5. The summed E-state index contributed by atoms with van der Waals surface area (Å²) in [5, 5.41) is 0. The second-order valence-corrected chi connectivity index (χ2v) is 6.04. The number of benzene rings is 2. The normalized spacial score (nSPS) is 17.0. The third kappa shape index (κ3) is 3.85. The summed E-state index contributed by atoms with van der Waals surface area (Å²) in [5.74, 6) is 1.44. The van der Waals surface area contributed by atoms with Crippen molar-refractivity contribution >= 4 is 12.0 Å². The lowest BCUT2D eigenvalue weighted by Gasteiger charge is -2.23.